The van der Waals surface area contributed by atoms with Gasteiger partial charge in [-0.1, -0.05) is 36.4 Å². The largest absolute Gasteiger partial charge is 0.467 e. The summed E-state index contributed by atoms with van der Waals surface area (Å²) in [6.07, 6.45) is 1.43. The van der Waals surface area contributed by atoms with Crippen LogP contribution in [0.15, 0.2) is 60.9 Å². The summed E-state index contributed by atoms with van der Waals surface area (Å²) in [6, 6.07) is 14.8. The second kappa shape index (κ2) is 7.35. The molecule has 8 nitrogen and oxygen atoms in total. The first-order valence-corrected chi connectivity index (χ1v) is 7.46. The summed E-state index contributed by atoms with van der Waals surface area (Å²) in [4.78, 5) is 24.7. The average molecular weight is 337 g/mol. The lowest BCUT2D eigenvalue weighted by molar-refractivity contribution is -0.143. The number of aromatic nitrogens is 4. The molecule has 0 saturated heterocycles. The third-order valence-corrected chi connectivity index (χ3v) is 3.57. The van der Waals surface area contributed by atoms with Gasteiger partial charge in [0.05, 0.1) is 12.8 Å². The molecule has 25 heavy (non-hydrogen) atoms. The molecule has 3 rings (SSSR count). The Hall–Kier alpha value is -3.55. The highest BCUT2D eigenvalue weighted by atomic mass is 16.5. The van der Waals surface area contributed by atoms with Crippen molar-refractivity contribution in [3.8, 4) is 5.69 Å². The van der Waals surface area contributed by atoms with Gasteiger partial charge >= 0.3 is 5.97 Å². The number of esters is 1. The lowest BCUT2D eigenvalue weighted by Gasteiger charge is -2.17. The minimum atomic E-state index is -0.893. The normalized spacial score (nSPS) is 11.6. The Balaban J connectivity index is 1.85. The van der Waals surface area contributed by atoms with Crippen LogP contribution in [0.3, 0.4) is 0 Å². The SMILES string of the molecule is COC(=O)C(NC(=O)c1cccc(-n2cnnn2)c1)c1ccccc1. The van der Waals surface area contributed by atoms with Gasteiger partial charge in [0.25, 0.3) is 5.91 Å². The Morgan fingerprint density at radius 2 is 1.92 bits per heavy atom. The molecule has 1 aromatic heterocycles. The van der Waals surface area contributed by atoms with Gasteiger partial charge in [0.1, 0.15) is 6.33 Å². The van der Waals surface area contributed by atoms with Crippen LogP contribution >= 0.6 is 0 Å². The van der Waals surface area contributed by atoms with E-state index >= 15 is 0 Å². The van der Waals surface area contributed by atoms with Crippen molar-refractivity contribution in [1.82, 2.24) is 25.5 Å². The summed E-state index contributed by atoms with van der Waals surface area (Å²) in [5, 5.41) is 13.6. The fourth-order valence-corrected chi connectivity index (χ4v) is 2.33. The van der Waals surface area contributed by atoms with E-state index in [0.29, 0.717) is 16.8 Å². The van der Waals surface area contributed by atoms with Crippen molar-refractivity contribution in [3.05, 3.63) is 72.1 Å². The van der Waals surface area contributed by atoms with Crippen LogP contribution in [0.25, 0.3) is 5.69 Å². The van der Waals surface area contributed by atoms with E-state index in [1.165, 1.54) is 18.1 Å². The molecule has 0 saturated carbocycles. The third-order valence-electron chi connectivity index (χ3n) is 3.57. The number of ether oxygens (including phenoxy) is 1. The molecule has 1 amide bonds. The second-order valence-electron chi connectivity index (χ2n) is 5.15. The molecular weight excluding hydrogens is 322 g/mol. The van der Waals surface area contributed by atoms with E-state index in [1.54, 1.807) is 48.5 Å². The summed E-state index contributed by atoms with van der Waals surface area (Å²) >= 11 is 0. The maximum absolute atomic E-state index is 12.6. The Bertz CT molecular complexity index is 865. The molecule has 1 unspecified atom stereocenters. The highest BCUT2D eigenvalue weighted by molar-refractivity contribution is 5.97. The molecule has 0 aliphatic carbocycles. The van der Waals surface area contributed by atoms with E-state index in [4.69, 9.17) is 4.74 Å². The van der Waals surface area contributed by atoms with Crippen molar-refractivity contribution >= 4 is 11.9 Å². The number of carbonyl (C=O) groups is 2. The van der Waals surface area contributed by atoms with Crippen LogP contribution in [0.4, 0.5) is 0 Å². The fourth-order valence-electron chi connectivity index (χ4n) is 2.33. The van der Waals surface area contributed by atoms with Crippen LogP contribution in [0.1, 0.15) is 22.0 Å². The number of methoxy groups -OCH3 is 1. The number of benzene rings is 2. The minimum absolute atomic E-state index is 0.373. The highest BCUT2D eigenvalue weighted by Gasteiger charge is 2.24. The number of nitrogens with zero attached hydrogens (tertiary/aromatic N) is 4. The number of rotatable bonds is 5. The summed E-state index contributed by atoms with van der Waals surface area (Å²) in [6.45, 7) is 0. The molecular formula is C17H15N5O3. The van der Waals surface area contributed by atoms with Crippen LogP contribution in [0, 0.1) is 0 Å². The zero-order chi connectivity index (χ0) is 17.6. The van der Waals surface area contributed by atoms with Crippen molar-refractivity contribution in [3.63, 3.8) is 0 Å². The highest BCUT2D eigenvalue weighted by Crippen LogP contribution is 2.16. The summed E-state index contributed by atoms with van der Waals surface area (Å²) in [5.41, 5.74) is 1.64. The Morgan fingerprint density at radius 1 is 1.12 bits per heavy atom. The zero-order valence-electron chi connectivity index (χ0n) is 13.4. The van der Waals surface area contributed by atoms with E-state index < -0.39 is 17.9 Å². The Kier molecular flexibility index (Phi) is 4.79. The van der Waals surface area contributed by atoms with Crippen molar-refractivity contribution in [2.24, 2.45) is 0 Å². The molecule has 3 aromatic rings. The quantitative estimate of drug-likeness (QED) is 0.705. The van der Waals surface area contributed by atoms with Gasteiger partial charge in [-0.25, -0.2) is 9.48 Å². The van der Waals surface area contributed by atoms with Crippen molar-refractivity contribution in [2.75, 3.05) is 7.11 Å². The summed E-state index contributed by atoms with van der Waals surface area (Å²) < 4.78 is 6.24. The topological polar surface area (TPSA) is 99.0 Å². The van der Waals surface area contributed by atoms with Crippen LogP contribution in [-0.2, 0) is 9.53 Å². The van der Waals surface area contributed by atoms with E-state index in [2.05, 4.69) is 20.8 Å². The van der Waals surface area contributed by atoms with Crippen molar-refractivity contribution in [2.45, 2.75) is 6.04 Å². The average Bonchev–Trinajstić information content (AvgIpc) is 3.21. The predicted molar refractivity (Wildman–Crippen MR) is 87.8 cm³/mol. The van der Waals surface area contributed by atoms with Gasteiger partial charge in [0.2, 0.25) is 0 Å². The molecule has 126 valence electrons. The van der Waals surface area contributed by atoms with Crippen LogP contribution in [0.2, 0.25) is 0 Å². The Labute approximate surface area is 143 Å². The van der Waals surface area contributed by atoms with E-state index in [-0.39, 0.29) is 0 Å². The van der Waals surface area contributed by atoms with Crippen molar-refractivity contribution < 1.29 is 14.3 Å². The molecule has 2 aromatic carbocycles. The first kappa shape index (κ1) is 16.3. The van der Waals surface area contributed by atoms with Crippen LogP contribution < -0.4 is 5.32 Å². The maximum atomic E-state index is 12.6. The smallest absolute Gasteiger partial charge is 0.333 e. The van der Waals surface area contributed by atoms with Gasteiger partial charge in [-0.15, -0.1) is 5.10 Å². The molecule has 1 heterocycles. The molecule has 0 fully saturated rings. The zero-order valence-corrected chi connectivity index (χ0v) is 13.4. The summed E-state index contributed by atoms with van der Waals surface area (Å²) in [5.74, 6) is -0.953. The number of tetrazole rings is 1. The standard InChI is InChI=1S/C17H15N5O3/c1-25-17(24)15(12-6-3-2-4-7-12)19-16(23)13-8-5-9-14(10-13)22-11-18-20-21-22/h2-11,15H,1H3,(H,19,23). The molecule has 0 aliphatic rings. The monoisotopic (exact) mass is 337 g/mol. The first-order valence-electron chi connectivity index (χ1n) is 7.46. The van der Waals surface area contributed by atoms with Gasteiger partial charge in [-0.3, -0.25) is 4.79 Å². The van der Waals surface area contributed by atoms with E-state index in [1.807, 2.05) is 6.07 Å². The van der Waals surface area contributed by atoms with Gasteiger partial charge in [0.15, 0.2) is 6.04 Å². The van der Waals surface area contributed by atoms with Gasteiger partial charge in [-0.05, 0) is 34.2 Å². The number of nitrogens with one attached hydrogen (secondary N) is 1. The maximum Gasteiger partial charge on any atom is 0.333 e. The molecule has 0 radical (unpaired) electrons. The lowest BCUT2D eigenvalue weighted by Crippen LogP contribution is -2.34. The number of hydrogen-bond acceptors (Lipinski definition) is 6. The first-order chi connectivity index (χ1) is 12.2. The van der Waals surface area contributed by atoms with Crippen LogP contribution in [-0.4, -0.2) is 39.2 Å². The molecule has 0 spiro atoms. The predicted octanol–water partition coefficient (Wildman–Crippen LogP) is 1.31. The van der Waals surface area contributed by atoms with E-state index in [9.17, 15) is 9.59 Å². The molecule has 1 N–H and O–H groups in total. The fraction of sp³-hybridized carbons (Fsp3) is 0.118. The minimum Gasteiger partial charge on any atom is -0.467 e. The molecule has 0 aliphatic heterocycles. The number of hydrogen-bond donors (Lipinski definition) is 1. The molecule has 8 heteroatoms. The summed E-state index contributed by atoms with van der Waals surface area (Å²) in [7, 11) is 1.28. The Morgan fingerprint density at radius 3 is 2.60 bits per heavy atom. The number of carbonyl (C=O) groups excluding carboxylic acids is 2. The van der Waals surface area contributed by atoms with Gasteiger partial charge < -0.3 is 10.1 Å². The molecule has 1 atom stereocenters. The second-order valence-corrected chi connectivity index (χ2v) is 5.15. The lowest BCUT2D eigenvalue weighted by atomic mass is 10.1. The van der Waals surface area contributed by atoms with E-state index in [0.717, 1.165) is 0 Å². The third kappa shape index (κ3) is 3.69. The van der Waals surface area contributed by atoms with Crippen LogP contribution in [0.5, 0.6) is 0 Å². The van der Waals surface area contributed by atoms with Gasteiger partial charge in [0, 0.05) is 5.56 Å². The molecule has 0 bridgehead atoms. The number of amides is 1. The van der Waals surface area contributed by atoms with Gasteiger partial charge in [-0.2, -0.15) is 0 Å². The van der Waals surface area contributed by atoms with Crippen molar-refractivity contribution in [1.29, 1.82) is 0 Å².